The number of fused-ring (bicyclic) bond motifs is 1. The van der Waals surface area contributed by atoms with Gasteiger partial charge in [-0.25, -0.2) is 0 Å². The number of anilines is 1. The number of imidazole rings is 1. The number of ether oxygens (including phenoxy) is 2. The molecule has 0 aliphatic carbocycles. The van der Waals surface area contributed by atoms with Crippen LogP contribution in [0.1, 0.15) is 19.8 Å². The Balaban J connectivity index is 1.31. The largest absolute Gasteiger partial charge is 0.489 e. The Hall–Kier alpha value is -3.30. The number of piperidine rings is 1. The van der Waals surface area contributed by atoms with E-state index in [1.807, 2.05) is 31.2 Å². The quantitative estimate of drug-likeness (QED) is 0.577. The highest BCUT2D eigenvalue weighted by molar-refractivity contribution is 5.70. The Morgan fingerprint density at radius 1 is 1.38 bits per heavy atom. The minimum Gasteiger partial charge on any atom is -0.489 e. The summed E-state index contributed by atoms with van der Waals surface area (Å²) in [5, 5.41) is 19.9. The fraction of sp³-hybridized carbons (Fsp3) is 0.474. The molecule has 1 N–H and O–H groups in total. The second-order valence-electron chi connectivity index (χ2n) is 7.70. The standard InChI is InChI=1S/C19H22N4O6/c1-19(11-22-10-16(23(26)27)20-18(22)29-19)12-28-15-4-2-14(3-5-15)21-8-6-13(7-9-21)17(24)25/h2-5,10,13H,6-9,11-12H2,1H3,(H,24,25). The van der Waals surface area contributed by atoms with Gasteiger partial charge in [0.05, 0.1) is 12.5 Å². The summed E-state index contributed by atoms with van der Waals surface area (Å²) in [5.74, 6) is -0.509. The summed E-state index contributed by atoms with van der Waals surface area (Å²) in [7, 11) is 0. The Bertz CT molecular complexity index is 894. The van der Waals surface area contributed by atoms with Gasteiger partial charge in [-0.1, -0.05) is 0 Å². The average Bonchev–Trinajstić information content (AvgIpc) is 3.22. The summed E-state index contributed by atoms with van der Waals surface area (Å²) in [6, 6.07) is 7.90. The summed E-state index contributed by atoms with van der Waals surface area (Å²) in [5.41, 5.74) is 0.381. The van der Waals surface area contributed by atoms with Gasteiger partial charge in [-0.05, 0) is 49.0 Å². The molecule has 1 aromatic heterocycles. The maximum atomic E-state index is 11.1. The number of benzene rings is 1. The molecule has 1 atom stereocenters. The normalized spacial score (nSPS) is 21.5. The lowest BCUT2D eigenvalue weighted by atomic mass is 9.97. The van der Waals surface area contributed by atoms with Gasteiger partial charge in [-0.3, -0.25) is 9.36 Å². The van der Waals surface area contributed by atoms with E-state index in [-0.39, 0.29) is 24.4 Å². The maximum absolute atomic E-state index is 11.1. The second-order valence-corrected chi connectivity index (χ2v) is 7.70. The Labute approximate surface area is 166 Å². The van der Waals surface area contributed by atoms with Crippen molar-refractivity contribution in [1.29, 1.82) is 0 Å². The zero-order chi connectivity index (χ0) is 20.6. The molecule has 2 aliphatic rings. The van der Waals surface area contributed by atoms with Crippen molar-refractivity contribution in [3.63, 3.8) is 0 Å². The van der Waals surface area contributed by atoms with Gasteiger partial charge in [0.15, 0.2) is 5.60 Å². The lowest BCUT2D eigenvalue weighted by molar-refractivity contribution is -0.389. The summed E-state index contributed by atoms with van der Waals surface area (Å²) in [6.45, 7) is 4.00. The van der Waals surface area contributed by atoms with E-state index in [2.05, 4.69) is 9.88 Å². The van der Waals surface area contributed by atoms with Crippen molar-refractivity contribution in [2.24, 2.45) is 5.92 Å². The van der Waals surface area contributed by atoms with Crippen LogP contribution < -0.4 is 14.4 Å². The van der Waals surface area contributed by atoms with Crippen LogP contribution in [-0.4, -0.2) is 50.8 Å². The number of carboxylic acid groups (broad SMARTS) is 1. The molecule has 3 heterocycles. The molecule has 0 saturated carbocycles. The van der Waals surface area contributed by atoms with Crippen molar-refractivity contribution in [2.75, 3.05) is 24.6 Å². The molecule has 0 amide bonds. The number of hydrogen-bond donors (Lipinski definition) is 1. The van der Waals surface area contributed by atoms with Crippen LogP contribution in [0.2, 0.25) is 0 Å². The van der Waals surface area contributed by atoms with E-state index in [1.165, 1.54) is 6.20 Å². The van der Waals surface area contributed by atoms with Crippen LogP contribution in [0, 0.1) is 16.0 Å². The van der Waals surface area contributed by atoms with Crippen molar-refractivity contribution in [3.8, 4) is 11.8 Å². The van der Waals surface area contributed by atoms with E-state index in [0.717, 1.165) is 18.8 Å². The van der Waals surface area contributed by atoms with Crippen molar-refractivity contribution in [2.45, 2.75) is 31.9 Å². The van der Waals surface area contributed by atoms with E-state index < -0.39 is 16.5 Å². The van der Waals surface area contributed by atoms with Gasteiger partial charge in [0, 0.05) is 23.8 Å². The Kier molecular flexibility index (Phi) is 4.77. The number of aliphatic carboxylic acids is 1. The number of rotatable bonds is 6. The minimum absolute atomic E-state index is 0.225. The molecule has 0 radical (unpaired) electrons. The summed E-state index contributed by atoms with van der Waals surface area (Å²) >= 11 is 0. The van der Waals surface area contributed by atoms with E-state index in [4.69, 9.17) is 14.6 Å². The lowest BCUT2D eigenvalue weighted by Gasteiger charge is -2.32. The molecule has 10 heteroatoms. The molecule has 4 rings (SSSR count). The van der Waals surface area contributed by atoms with Crippen LogP contribution in [0.25, 0.3) is 0 Å². The molecule has 2 aliphatic heterocycles. The highest BCUT2D eigenvalue weighted by Crippen LogP contribution is 2.32. The SMILES string of the molecule is CC1(COc2ccc(N3CCC(C(=O)O)CC3)cc2)Cn2cc([N+](=O)[O-])nc2O1. The highest BCUT2D eigenvalue weighted by Gasteiger charge is 2.41. The van der Waals surface area contributed by atoms with Crippen molar-refractivity contribution >= 4 is 17.5 Å². The molecule has 1 saturated heterocycles. The molecule has 1 aromatic carbocycles. The summed E-state index contributed by atoms with van der Waals surface area (Å²) < 4.78 is 13.2. The number of hydrogen-bond acceptors (Lipinski definition) is 7. The van der Waals surface area contributed by atoms with Crippen molar-refractivity contribution in [3.05, 3.63) is 40.6 Å². The van der Waals surface area contributed by atoms with Crippen LogP contribution in [-0.2, 0) is 11.3 Å². The predicted octanol–water partition coefficient (Wildman–Crippen LogP) is 2.32. The number of carbonyl (C=O) groups is 1. The Morgan fingerprint density at radius 2 is 2.07 bits per heavy atom. The minimum atomic E-state index is -0.715. The van der Waals surface area contributed by atoms with Gasteiger partial charge in [0.25, 0.3) is 0 Å². The third kappa shape index (κ3) is 3.96. The van der Waals surface area contributed by atoms with Gasteiger partial charge >= 0.3 is 17.8 Å². The average molecular weight is 402 g/mol. The fourth-order valence-corrected chi connectivity index (χ4v) is 3.73. The first-order valence-corrected chi connectivity index (χ1v) is 9.44. The smallest absolute Gasteiger partial charge is 0.415 e. The molecule has 0 bridgehead atoms. The predicted molar refractivity (Wildman–Crippen MR) is 102 cm³/mol. The highest BCUT2D eigenvalue weighted by atomic mass is 16.6. The van der Waals surface area contributed by atoms with Gasteiger partial charge in [0.2, 0.25) is 0 Å². The molecule has 154 valence electrons. The maximum Gasteiger partial charge on any atom is 0.415 e. The molecule has 0 spiro atoms. The van der Waals surface area contributed by atoms with Gasteiger partial charge < -0.3 is 29.6 Å². The van der Waals surface area contributed by atoms with Crippen LogP contribution >= 0.6 is 0 Å². The topological polar surface area (TPSA) is 120 Å². The van der Waals surface area contributed by atoms with Gasteiger partial charge in [-0.2, -0.15) is 0 Å². The third-order valence-corrected chi connectivity index (χ3v) is 5.35. The van der Waals surface area contributed by atoms with Crippen LogP contribution in [0.3, 0.4) is 0 Å². The van der Waals surface area contributed by atoms with Gasteiger partial charge in [-0.15, -0.1) is 0 Å². The van der Waals surface area contributed by atoms with Crippen LogP contribution in [0.5, 0.6) is 11.8 Å². The van der Waals surface area contributed by atoms with E-state index in [9.17, 15) is 14.9 Å². The number of nitro groups is 1. The summed E-state index contributed by atoms with van der Waals surface area (Å²) in [4.78, 5) is 27.3. The molecule has 1 unspecified atom stereocenters. The van der Waals surface area contributed by atoms with E-state index >= 15 is 0 Å². The number of nitrogens with zero attached hydrogens (tertiary/aromatic N) is 4. The first-order chi connectivity index (χ1) is 13.8. The fourth-order valence-electron chi connectivity index (χ4n) is 3.73. The molecule has 29 heavy (non-hydrogen) atoms. The summed E-state index contributed by atoms with van der Waals surface area (Å²) in [6.07, 6.45) is 2.66. The van der Waals surface area contributed by atoms with E-state index in [0.29, 0.717) is 25.1 Å². The first kappa shape index (κ1) is 19.0. The number of aromatic nitrogens is 2. The van der Waals surface area contributed by atoms with Crippen molar-refractivity contribution < 1.29 is 24.3 Å². The molecule has 1 fully saturated rings. The lowest BCUT2D eigenvalue weighted by Crippen LogP contribution is -2.38. The zero-order valence-corrected chi connectivity index (χ0v) is 16.0. The zero-order valence-electron chi connectivity index (χ0n) is 16.0. The number of carboxylic acids is 1. The third-order valence-electron chi connectivity index (χ3n) is 5.35. The monoisotopic (exact) mass is 402 g/mol. The first-order valence-electron chi connectivity index (χ1n) is 9.44. The molecule has 2 aromatic rings. The second kappa shape index (κ2) is 7.26. The van der Waals surface area contributed by atoms with Crippen molar-refractivity contribution in [1.82, 2.24) is 9.55 Å². The van der Waals surface area contributed by atoms with Crippen LogP contribution in [0.15, 0.2) is 30.5 Å². The van der Waals surface area contributed by atoms with E-state index in [1.54, 1.807) is 4.57 Å². The molecular formula is C19H22N4O6. The van der Waals surface area contributed by atoms with Crippen LogP contribution in [0.4, 0.5) is 11.5 Å². The molecular weight excluding hydrogens is 380 g/mol. The van der Waals surface area contributed by atoms with Gasteiger partial charge in [0.1, 0.15) is 18.6 Å². The Morgan fingerprint density at radius 3 is 2.66 bits per heavy atom. The molecule has 10 nitrogen and oxygen atoms in total.